The highest BCUT2D eigenvalue weighted by Gasteiger charge is 2.20. The Morgan fingerprint density at radius 2 is 2.21 bits per heavy atom. The third-order valence-electron chi connectivity index (χ3n) is 3.63. The zero-order valence-corrected chi connectivity index (χ0v) is 12.7. The molecule has 1 atom stereocenters. The van der Waals surface area contributed by atoms with E-state index < -0.39 is 0 Å². The zero-order valence-electron chi connectivity index (χ0n) is 11.2. The van der Waals surface area contributed by atoms with Crippen LogP contribution in [0.25, 0.3) is 0 Å². The molecular weight excluding hydrogens is 281 g/mol. The van der Waals surface area contributed by atoms with Crippen LogP contribution in [0.4, 0.5) is 0 Å². The Kier molecular flexibility index (Phi) is 5.12. The van der Waals surface area contributed by atoms with Crippen LogP contribution < -0.4 is 0 Å². The summed E-state index contributed by atoms with van der Waals surface area (Å²) in [5.41, 5.74) is 0.990. The molecule has 2 nitrogen and oxygen atoms in total. The molecular formula is C15H19Cl2NO. The Balaban J connectivity index is 1.89. The second-order valence-corrected chi connectivity index (χ2v) is 6.17. The van der Waals surface area contributed by atoms with Gasteiger partial charge in [-0.05, 0) is 42.9 Å². The standard InChI is InChI=1S/C15H19Cl2NO/c1-11-3-2-8-18(10-11)15(19)7-5-12-4-6-13(16)9-14(12)17/h4,6,9,11H,2-3,5,7-8,10H2,1H3/t11-/m1/s1. The average molecular weight is 300 g/mol. The lowest BCUT2D eigenvalue weighted by atomic mass is 9.99. The summed E-state index contributed by atoms with van der Waals surface area (Å²) in [6.45, 7) is 4.00. The molecule has 1 saturated heterocycles. The van der Waals surface area contributed by atoms with E-state index in [9.17, 15) is 4.79 Å². The number of halogens is 2. The quantitative estimate of drug-likeness (QED) is 0.820. The van der Waals surface area contributed by atoms with Crippen molar-refractivity contribution in [2.75, 3.05) is 13.1 Å². The maximum Gasteiger partial charge on any atom is 0.222 e. The van der Waals surface area contributed by atoms with Crippen LogP contribution >= 0.6 is 23.2 Å². The minimum Gasteiger partial charge on any atom is -0.342 e. The van der Waals surface area contributed by atoms with Crippen molar-refractivity contribution in [2.45, 2.75) is 32.6 Å². The monoisotopic (exact) mass is 299 g/mol. The van der Waals surface area contributed by atoms with Crippen molar-refractivity contribution in [1.29, 1.82) is 0 Å². The third kappa shape index (κ3) is 4.12. The molecule has 0 aliphatic carbocycles. The smallest absolute Gasteiger partial charge is 0.222 e. The number of likely N-dealkylation sites (tertiary alicyclic amines) is 1. The first kappa shape index (κ1) is 14.7. The first-order valence-corrected chi connectivity index (χ1v) is 7.53. The molecule has 0 saturated carbocycles. The molecule has 1 fully saturated rings. The van der Waals surface area contributed by atoms with Gasteiger partial charge in [-0.15, -0.1) is 0 Å². The summed E-state index contributed by atoms with van der Waals surface area (Å²) in [5.74, 6) is 0.856. The van der Waals surface area contributed by atoms with Crippen molar-refractivity contribution >= 4 is 29.1 Å². The fraction of sp³-hybridized carbons (Fsp3) is 0.533. The molecule has 0 unspecified atom stereocenters. The van der Waals surface area contributed by atoms with Gasteiger partial charge >= 0.3 is 0 Å². The predicted octanol–water partition coefficient (Wildman–Crippen LogP) is 4.18. The first-order valence-electron chi connectivity index (χ1n) is 6.78. The second-order valence-electron chi connectivity index (χ2n) is 5.32. The number of hydrogen-bond donors (Lipinski definition) is 0. The zero-order chi connectivity index (χ0) is 13.8. The highest BCUT2D eigenvalue weighted by molar-refractivity contribution is 6.35. The fourth-order valence-corrected chi connectivity index (χ4v) is 3.04. The average Bonchev–Trinajstić information content (AvgIpc) is 2.37. The van der Waals surface area contributed by atoms with Crippen molar-refractivity contribution in [3.05, 3.63) is 33.8 Å². The number of benzene rings is 1. The highest BCUT2D eigenvalue weighted by Crippen LogP contribution is 2.23. The molecule has 1 aromatic carbocycles. The topological polar surface area (TPSA) is 20.3 Å². The van der Waals surface area contributed by atoms with Crippen LogP contribution in [-0.4, -0.2) is 23.9 Å². The lowest BCUT2D eigenvalue weighted by Gasteiger charge is -2.31. The summed E-state index contributed by atoms with van der Waals surface area (Å²) in [6, 6.07) is 5.44. The third-order valence-corrected chi connectivity index (χ3v) is 4.22. The van der Waals surface area contributed by atoms with E-state index in [2.05, 4.69) is 6.92 Å². The molecule has 0 aromatic heterocycles. The van der Waals surface area contributed by atoms with Gasteiger partial charge in [0.15, 0.2) is 0 Å². The van der Waals surface area contributed by atoms with Crippen LogP contribution in [0, 0.1) is 5.92 Å². The molecule has 1 aliphatic heterocycles. The van der Waals surface area contributed by atoms with Crippen molar-refractivity contribution in [2.24, 2.45) is 5.92 Å². The van der Waals surface area contributed by atoms with Crippen molar-refractivity contribution in [1.82, 2.24) is 4.90 Å². The SMILES string of the molecule is C[C@@H]1CCCN(C(=O)CCc2ccc(Cl)cc2Cl)C1. The Bertz CT molecular complexity index is 461. The molecule has 0 radical (unpaired) electrons. The van der Waals surface area contributed by atoms with Crippen LogP contribution in [-0.2, 0) is 11.2 Å². The molecule has 1 aliphatic rings. The minimum absolute atomic E-state index is 0.234. The maximum absolute atomic E-state index is 12.2. The van der Waals surface area contributed by atoms with E-state index in [1.165, 1.54) is 6.42 Å². The molecule has 1 amide bonds. The maximum atomic E-state index is 12.2. The number of aryl methyl sites for hydroxylation is 1. The summed E-state index contributed by atoms with van der Waals surface area (Å²) in [7, 11) is 0. The van der Waals surface area contributed by atoms with Gasteiger partial charge < -0.3 is 4.90 Å². The Morgan fingerprint density at radius 3 is 2.89 bits per heavy atom. The Morgan fingerprint density at radius 1 is 1.42 bits per heavy atom. The van der Waals surface area contributed by atoms with Crippen LogP contribution in [0.3, 0.4) is 0 Å². The summed E-state index contributed by atoms with van der Waals surface area (Å²) < 4.78 is 0. The largest absolute Gasteiger partial charge is 0.342 e. The van der Waals surface area contributed by atoms with Crippen molar-refractivity contribution < 1.29 is 4.79 Å². The normalized spacial score (nSPS) is 19.5. The van der Waals surface area contributed by atoms with E-state index in [-0.39, 0.29) is 5.91 Å². The second kappa shape index (κ2) is 6.62. The van der Waals surface area contributed by atoms with E-state index >= 15 is 0 Å². The summed E-state index contributed by atoms with van der Waals surface area (Å²) in [4.78, 5) is 14.1. The fourth-order valence-electron chi connectivity index (χ4n) is 2.54. The van der Waals surface area contributed by atoms with Gasteiger partial charge in [0.1, 0.15) is 0 Å². The molecule has 19 heavy (non-hydrogen) atoms. The van der Waals surface area contributed by atoms with Gasteiger partial charge in [0.05, 0.1) is 0 Å². The number of nitrogens with zero attached hydrogens (tertiary/aromatic N) is 1. The molecule has 1 aromatic rings. The van der Waals surface area contributed by atoms with Gasteiger partial charge in [0, 0.05) is 29.6 Å². The molecule has 0 spiro atoms. The van der Waals surface area contributed by atoms with Gasteiger partial charge in [-0.25, -0.2) is 0 Å². The predicted molar refractivity (Wildman–Crippen MR) is 79.8 cm³/mol. The molecule has 0 bridgehead atoms. The molecule has 0 N–H and O–H groups in total. The van der Waals surface area contributed by atoms with E-state index in [1.54, 1.807) is 6.07 Å². The van der Waals surface area contributed by atoms with Crippen LogP contribution in [0.1, 0.15) is 31.7 Å². The summed E-state index contributed by atoms with van der Waals surface area (Å²) in [5, 5.41) is 1.28. The van der Waals surface area contributed by atoms with Crippen LogP contribution in [0.15, 0.2) is 18.2 Å². The summed E-state index contributed by atoms with van der Waals surface area (Å²) in [6.07, 6.45) is 3.55. The van der Waals surface area contributed by atoms with Crippen LogP contribution in [0.2, 0.25) is 10.0 Å². The minimum atomic E-state index is 0.234. The summed E-state index contributed by atoms with van der Waals surface area (Å²) >= 11 is 12.0. The van der Waals surface area contributed by atoms with Gasteiger partial charge in [-0.1, -0.05) is 36.2 Å². The van der Waals surface area contributed by atoms with Gasteiger partial charge in [0.25, 0.3) is 0 Å². The first-order chi connectivity index (χ1) is 9.06. The van der Waals surface area contributed by atoms with Crippen LogP contribution in [0.5, 0.6) is 0 Å². The molecule has 1 heterocycles. The Hall–Kier alpha value is -0.730. The van der Waals surface area contributed by atoms with E-state index in [0.717, 1.165) is 25.1 Å². The number of carbonyl (C=O) groups is 1. The van der Waals surface area contributed by atoms with Crippen molar-refractivity contribution in [3.63, 3.8) is 0 Å². The molecule has 4 heteroatoms. The van der Waals surface area contributed by atoms with E-state index in [0.29, 0.717) is 28.8 Å². The molecule has 2 rings (SSSR count). The molecule has 104 valence electrons. The number of rotatable bonds is 3. The number of carbonyl (C=O) groups excluding carboxylic acids is 1. The van der Waals surface area contributed by atoms with Gasteiger partial charge in [-0.3, -0.25) is 4.79 Å². The number of piperidine rings is 1. The van der Waals surface area contributed by atoms with Gasteiger partial charge in [-0.2, -0.15) is 0 Å². The lowest BCUT2D eigenvalue weighted by Crippen LogP contribution is -2.39. The van der Waals surface area contributed by atoms with E-state index in [4.69, 9.17) is 23.2 Å². The van der Waals surface area contributed by atoms with Crippen molar-refractivity contribution in [3.8, 4) is 0 Å². The lowest BCUT2D eigenvalue weighted by molar-refractivity contribution is -0.132. The van der Waals surface area contributed by atoms with Gasteiger partial charge in [0.2, 0.25) is 5.91 Å². The number of hydrogen-bond acceptors (Lipinski definition) is 1. The highest BCUT2D eigenvalue weighted by atomic mass is 35.5. The Labute approximate surface area is 124 Å². The number of amides is 1. The van der Waals surface area contributed by atoms with E-state index in [1.807, 2.05) is 17.0 Å².